The molecule has 1 fully saturated rings. The highest BCUT2D eigenvalue weighted by Gasteiger charge is 2.34. The van der Waals surface area contributed by atoms with Crippen molar-refractivity contribution in [1.82, 2.24) is 10.2 Å². The van der Waals surface area contributed by atoms with Crippen molar-refractivity contribution in [3.63, 3.8) is 0 Å². The Labute approximate surface area is 118 Å². The summed E-state index contributed by atoms with van der Waals surface area (Å²) in [4.78, 5) is 36.3. The second kappa shape index (κ2) is 7.72. The molecule has 2 atom stereocenters. The van der Waals surface area contributed by atoms with Crippen molar-refractivity contribution in [2.75, 3.05) is 13.2 Å². The molecule has 0 aromatic carbocycles. The predicted octanol–water partition coefficient (Wildman–Crippen LogP) is 0.977. The summed E-state index contributed by atoms with van der Waals surface area (Å²) in [6.45, 7) is 4.09. The SMILES string of the molecule is CCOC(=O)C1CCCCN1C(=O)N[C@H](CC)C(=O)O. The van der Waals surface area contributed by atoms with Gasteiger partial charge in [0.2, 0.25) is 0 Å². The smallest absolute Gasteiger partial charge is 0.328 e. The summed E-state index contributed by atoms with van der Waals surface area (Å²) in [6.07, 6.45) is 2.49. The normalized spacial score (nSPS) is 20.1. The monoisotopic (exact) mass is 286 g/mol. The van der Waals surface area contributed by atoms with E-state index in [4.69, 9.17) is 9.84 Å². The first-order valence-corrected chi connectivity index (χ1v) is 6.97. The van der Waals surface area contributed by atoms with Crippen molar-refractivity contribution in [3.8, 4) is 0 Å². The van der Waals surface area contributed by atoms with Gasteiger partial charge in [-0.15, -0.1) is 0 Å². The van der Waals surface area contributed by atoms with Gasteiger partial charge in [0.1, 0.15) is 12.1 Å². The van der Waals surface area contributed by atoms with E-state index in [9.17, 15) is 14.4 Å². The maximum atomic E-state index is 12.1. The minimum Gasteiger partial charge on any atom is -0.480 e. The molecular formula is C13H22N2O5. The second-order valence-corrected chi connectivity index (χ2v) is 4.71. The molecule has 0 saturated carbocycles. The van der Waals surface area contributed by atoms with E-state index in [2.05, 4.69) is 5.32 Å². The van der Waals surface area contributed by atoms with Gasteiger partial charge in [-0.1, -0.05) is 6.92 Å². The fourth-order valence-electron chi connectivity index (χ4n) is 2.23. The summed E-state index contributed by atoms with van der Waals surface area (Å²) < 4.78 is 4.96. The number of esters is 1. The van der Waals surface area contributed by atoms with E-state index in [1.165, 1.54) is 4.90 Å². The van der Waals surface area contributed by atoms with Crippen molar-refractivity contribution in [3.05, 3.63) is 0 Å². The Bertz CT molecular complexity index is 372. The number of nitrogens with one attached hydrogen (secondary N) is 1. The lowest BCUT2D eigenvalue weighted by Crippen LogP contribution is -2.55. The zero-order valence-corrected chi connectivity index (χ0v) is 11.9. The van der Waals surface area contributed by atoms with Crippen molar-refractivity contribution >= 4 is 18.0 Å². The van der Waals surface area contributed by atoms with E-state index in [1.54, 1.807) is 13.8 Å². The molecule has 1 saturated heterocycles. The maximum Gasteiger partial charge on any atom is 0.328 e. The van der Waals surface area contributed by atoms with Crippen LogP contribution in [0.2, 0.25) is 0 Å². The Hall–Kier alpha value is -1.79. The first kappa shape index (κ1) is 16.3. The number of piperidine rings is 1. The van der Waals surface area contributed by atoms with Gasteiger partial charge in [-0.2, -0.15) is 0 Å². The molecule has 20 heavy (non-hydrogen) atoms. The third-order valence-electron chi connectivity index (χ3n) is 3.33. The summed E-state index contributed by atoms with van der Waals surface area (Å²) in [5.74, 6) is -1.50. The molecule has 0 aliphatic carbocycles. The maximum absolute atomic E-state index is 12.1. The molecule has 114 valence electrons. The van der Waals surface area contributed by atoms with E-state index < -0.39 is 30.1 Å². The van der Waals surface area contributed by atoms with Gasteiger partial charge < -0.3 is 20.1 Å². The largest absolute Gasteiger partial charge is 0.480 e. The Balaban J connectivity index is 2.71. The number of hydrogen-bond acceptors (Lipinski definition) is 4. The molecule has 0 spiro atoms. The Morgan fingerprint density at radius 3 is 2.60 bits per heavy atom. The average Bonchev–Trinajstić information content (AvgIpc) is 2.44. The molecule has 1 unspecified atom stereocenters. The average molecular weight is 286 g/mol. The summed E-state index contributed by atoms with van der Waals surface area (Å²) in [5.41, 5.74) is 0. The number of likely N-dealkylation sites (tertiary alicyclic amines) is 1. The molecule has 2 amide bonds. The third-order valence-corrected chi connectivity index (χ3v) is 3.33. The van der Waals surface area contributed by atoms with E-state index >= 15 is 0 Å². The number of carbonyl (C=O) groups is 3. The highest BCUT2D eigenvalue weighted by atomic mass is 16.5. The van der Waals surface area contributed by atoms with Crippen LogP contribution in [0.5, 0.6) is 0 Å². The topological polar surface area (TPSA) is 95.9 Å². The van der Waals surface area contributed by atoms with Crippen molar-refractivity contribution in [2.45, 2.75) is 51.6 Å². The molecule has 1 heterocycles. The molecule has 1 aliphatic heterocycles. The van der Waals surface area contributed by atoms with Crippen LogP contribution in [0, 0.1) is 0 Å². The predicted molar refractivity (Wildman–Crippen MR) is 71.2 cm³/mol. The third kappa shape index (κ3) is 4.11. The molecule has 0 aromatic heterocycles. The number of nitrogens with zero attached hydrogens (tertiary/aromatic N) is 1. The van der Waals surface area contributed by atoms with Crippen molar-refractivity contribution in [1.29, 1.82) is 0 Å². The molecule has 7 heteroatoms. The molecule has 0 radical (unpaired) electrons. The van der Waals surface area contributed by atoms with Crippen molar-refractivity contribution in [2.24, 2.45) is 0 Å². The van der Waals surface area contributed by atoms with Gasteiger partial charge >= 0.3 is 18.0 Å². The van der Waals surface area contributed by atoms with Crippen molar-refractivity contribution < 1.29 is 24.2 Å². The van der Waals surface area contributed by atoms with Crippen LogP contribution in [0.15, 0.2) is 0 Å². The number of carboxylic acids is 1. The van der Waals surface area contributed by atoms with Gasteiger partial charge in [0.05, 0.1) is 6.61 Å². The van der Waals surface area contributed by atoms with Crippen LogP contribution in [0.25, 0.3) is 0 Å². The first-order chi connectivity index (χ1) is 9.51. The lowest BCUT2D eigenvalue weighted by atomic mass is 10.0. The minimum absolute atomic E-state index is 0.261. The van der Waals surface area contributed by atoms with Gasteiger partial charge in [-0.25, -0.2) is 14.4 Å². The number of rotatable bonds is 5. The first-order valence-electron chi connectivity index (χ1n) is 6.97. The number of aliphatic carboxylic acids is 1. The van der Waals surface area contributed by atoms with Gasteiger partial charge in [0.15, 0.2) is 0 Å². The fraction of sp³-hybridized carbons (Fsp3) is 0.769. The van der Waals surface area contributed by atoms with Crippen LogP contribution < -0.4 is 5.32 Å². The van der Waals surface area contributed by atoms with Crippen LogP contribution in [0.4, 0.5) is 4.79 Å². The number of carboxylic acid groups (broad SMARTS) is 1. The van der Waals surface area contributed by atoms with Gasteiger partial charge in [0.25, 0.3) is 0 Å². The minimum atomic E-state index is -1.08. The highest BCUT2D eigenvalue weighted by Crippen LogP contribution is 2.18. The number of amides is 2. The molecular weight excluding hydrogens is 264 g/mol. The summed E-state index contributed by atoms with van der Waals surface area (Å²) in [7, 11) is 0. The van der Waals surface area contributed by atoms with E-state index in [0.717, 1.165) is 12.8 Å². The van der Waals surface area contributed by atoms with E-state index in [1.807, 2.05) is 0 Å². The summed E-state index contributed by atoms with van der Waals surface area (Å²) >= 11 is 0. The Morgan fingerprint density at radius 2 is 2.05 bits per heavy atom. The number of ether oxygens (including phenoxy) is 1. The van der Waals surface area contributed by atoms with Crippen LogP contribution in [0.3, 0.4) is 0 Å². The Morgan fingerprint density at radius 1 is 1.35 bits per heavy atom. The zero-order chi connectivity index (χ0) is 15.1. The van der Waals surface area contributed by atoms with Gasteiger partial charge in [0, 0.05) is 6.54 Å². The van der Waals surface area contributed by atoms with Crippen LogP contribution >= 0.6 is 0 Å². The zero-order valence-electron chi connectivity index (χ0n) is 11.9. The van der Waals surface area contributed by atoms with Crippen LogP contribution in [-0.4, -0.2) is 53.2 Å². The lowest BCUT2D eigenvalue weighted by Gasteiger charge is -2.34. The van der Waals surface area contributed by atoms with Gasteiger partial charge in [-0.05, 0) is 32.6 Å². The molecule has 7 nitrogen and oxygen atoms in total. The molecule has 0 bridgehead atoms. The van der Waals surface area contributed by atoms with E-state index in [0.29, 0.717) is 19.4 Å². The van der Waals surface area contributed by atoms with Gasteiger partial charge in [-0.3, -0.25) is 0 Å². The lowest BCUT2D eigenvalue weighted by molar-refractivity contribution is -0.149. The molecule has 2 N–H and O–H groups in total. The van der Waals surface area contributed by atoms with E-state index in [-0.39, 0.29) is 6.61 Å². The van der Waals surface area contributed by atoms with Crippen LogP contribution in [0.1, 0.15) is 39.5 Å². The fourth-order valence-corrected chi connectivity index (χ4v) is 2.23. The molecule has 0 aromatic rings. The molecule has 1 aliphatic rings. The summed E-state index contributed by atoms with van der Waals surface area (Å²) in [5, 5.41) is 11.4. The highest BCUT2D eigenvalue weighted by molar-refractivity contribution is 5.86. The van der Waals surface area contributed by atoms with Crippen LogP contribution in [-0.2, 0) is 14.3 Å². The molecule has 1 rings (SSSR count). The number of urea groups is 1. The second-order valence-electron chi connectivity index (χ2n) is 4.71. The quantitative estimate of drug-likeness (QED) is 0.734. The number of carbonyl (C=O) groups excluding carboxylic acids is 2. The Kier molecular flexibility index (Phi) is 6.27. The standard InChI is InChI=1S/C13H22N2O5/c1-3-9(11(16)17)14-13(19)15-8-6-5-7-10(15)12(18)20-4-2/h9-10H,3-8H2,1-2H3,(H,14,19)(H,16,17)/t9-,10?/m1/s1. The summed E-state index contributed by atoms with van der Waals surface area (Å²) in [6, 6.07) is -2.07. The number of hydrogen-bond donors (Lipinski definition) is 2.